The Bertz CT molecular complexity index is 523. The third kappa shape index (κ3) is 2.93. The third-order valence-corrected chi connectivity index (χ3v) is 5.37. The molecule has 8 heteroatoms. The molecular weight excluding hydrogens is 332 g/mol. The Kier molecular flexibility index (Phi) is 4.22. The van der Waals surface area contributed by atoms with E-state index >= 15 is 0 Å². The van der Waals surface area contributed by atoms with Crippen LogP contribution < -0.4 is 0 Å². The van der Waals surface area contributed by atoms with Crippen LogP contribution in [0.15, 0.2) is 0 Å². The van der Waals surface area contributed by atoms with Gasteiger partial charge in [-0.25, -0.2) is 0 Å². The zero-order valence-electron chi connectivity index (χ0n) is 15.5. The Morgan fingerprint density at radius 3 is 1.92 bits per heavy atom. The Morgan fingerprint density at radius 2 is 1.32 bits per heavy atom. The fourth-order valence-corrected chi connectivity index (χ4v) is 4.28. The van der Waals surface area contributed by atoms with Gasteiger partial charge >= 0.3 is 0 Å². The molecule has 0 spiro atoms. The molecule has 0 aromatic heterocycles. The number of methoxy groups -OCH3 is 1. The van der Waals surface area contributed by atoms with Gasteiger partial charge in [-0.3, -0.25) is 0 Å². The fraction of sp³-hybridized carbons (Fsp3) is 1.00. The Hall–Kier alpha value is -0.320. The van der Waals surface area contributed by atoms with E-state index in [2.05, 4.69) is 0 Å². The van der Waals surface area contributed by atoms with Crippen molar-refractivity contribution in [1.29, 1.82) is 0 Å². The van der Waals surface area contributed by atoms with Crippen molar-refractivity contribution >= 4 is 0 Å². The summed E-state index contributed by atoms with van der Waals surface area (Å²) < 4.78 is 41.5. The summed E-state index contributed by atoms with van der Waals surface area (Å²) in [6.45, 7) is 9.34. The second-order valence-electron chi connectivity index (χ2n) is 8.19. The van der Waals surface area contributed by atoms with Crippen LogP contribution in [0.2, 0.25) is 0 Å². The highest BCUT2D eigenvalue weighted by Crippen LogP contribution is 2.47. The van der Waals surface area contributed by atoms with E-state index in [0.29, 0.717) is 0 Å². The first-order valence-electron chi connectivity index (χ1n) is 8.85. The lowest BCUT2D eigenvalue weighted by molar-refractivity contribution is -0.266. The standard InChI is InChI=1S/C17H28O8/c1-7-8(18)14(19-6)20-9(7)10-11-12(23-16(2,3)22-11)13-15(21-10)25-17(4,5)24-13/h7-15,18H,1-6H3/t7-,8+,9-,10+,11-,12-,13+,14-,15+/m0/s1. The molecule has 9 atom stereocenters. The molecule has 0 amide bonds. The van der Waals surface area contributed by atoms with Crippen LogP contribution in [0, 0.1) is 5.92 Å². The van der Waals surface area contributed by atoms with Crippen LogP contribution in [0.4, 0.5) is 0 Å². The van der Waals surface area contributed by atoms with E-state index in [4.69, 9.17) is 33.2 Å². The van der Waals surface area contributed by atoms with Crippen LogP contribution in [-0.4, -0.2) is 73.0 Å². The van der Waals surface area contributed by atoms with Gasteiger partial charge in [0.25, 0.3) is 0 Å². The minimum atomic E-state index is -0.762. The van der Waals surface area contributed by atoms with Crippen LogP contribution in [-0.2, 0) is 33.2 Å². The topological polar surface area (TPSA) is 84.8 Å². The third-order valence-electron chi connectivity index (χ3n) is 5.37. The van der Waals surface area contributed by atoms with Crippen LogP contribution in [0.1, 0.15) is 34.6 Å². The predicted molar refractivity (Wildman–Crippen MR) is 83.4 cm³/mol. The summed E-state index contributed by atoms with van der Waals surface area (Å²) in [7, 11) is 1.51. The summed E-state index contributed by atoms with van der Waals surface area (Å²) in [6.07, 6.45) is -3.96. The number of fused-ring (bicyclic) bond motifs is 3. The van der Waals surface area contributed by atoms with E-state index in [9.17, 15) is 5.11 Å². The number of aliphatic hydroxyl groups is 1. The maximum absolute atomic E-state index is 10.3. The summed E-state index contributed by atoms with van der Waals surface area (Å²) >= 11 is 0. The molecule has 25 heavy (non-hydrogen) atoms. The summed E-state index contributed by atoms with van der Waals surface area (Å²) in [5.74, 6) is -1.71. The van der Waals surface area contributed by atoms with Crippen LogP contribution in [0.3, 0.4) is 0 Å². The maximum Gasteiger partial charge on any atom is 0.190 e. The lowest BCUT2D eigenvalue weighted by atomic mass is 9.89. The van der Waals surface area contributed by atoms with E-state index in [-0.39, 0.29) is 24.2 Å². The Balaban J connectivity index is 1.62. The summed E-state index contributed by atoms with van der Waals surface area (Å²) in [5.41, 5.74) is 0. The van der Waals surface area contributed by atoms with Gasteiger partial charge in [0.15, 0.2) is 24.2 Å². The van der Waals surface area contributed by atoms with E-state index in [1.54, 1.807) is 0 Å². The second kappa shape index (κ2) is 5.84. The SMILES string of the molecule is CO[C@H]1O[C@H]([C@H]2O[C@@H]3OC(C)(C)O[C@@H]3[C@H]3OC(C)(C)O[C@H]32)[C@@H](C)[C@H]1O. The average molecular weight is 360 g/mol. The fourth-order valence-electron chi connectivity index (χ4n) is 4.28. The van der Waals surface area contributed by atoms with Gasteiger partial charge in [0.05, 0.1) is 6.10 Å². The van der Waals surface area contributed by atoms with Crippen molar-refractivity contribution in [2.75, 3.05) is 7.11 Å². The van der Waals surface area contributed by atoms with Gasteiger partial charge in [-0.05, 0) is 27.7 Å². The van der Waals surface area contributed by atoms with Gasteiger partial charge in [-0.2, -0.15) is 0 Å². The molecule has 0 radical (unpaired) electrons. The molecule has 0 bridgehead atoms. The van der Waals surface area contributed by atoms with Gasteiger partial charge in [0, 0.05) is 13.0 Å². The number of rotatable bonds is 2. The molecular formula is C17H28O8. The van der Waals surface area contributed by atoms with Crippen molar-refractivity contribution < 1.29 is 38.3 Å². The molecule has 0 aromatic carbocycles. The van der Waals surface area contributed by atoms with Crippen molar-refractivity contribution in [2.45, 2.75) is 95.4 Å². The minimum absolute atomic E-state index is 0.185. The zero-order valence-corrected chi connectivity index (χ0v) is 15.5. The predicted octanol–water partition coefficient (Wildman–Crippen LogP) is 0.751. The molecule has 0 unspecified atom stereocenters. The molecule has 4 rings (SSSR count). The largest absolute Gasteiger partial charge is 0.387 e. The highest BCUT2D eigenvalue weighted by Gasteiger charge is 2.63. The lowest BCUT2D eigenvalue weighted by Gasteiger charge is -2.40. The zero-order chi connectivity index (χ0) is 18.1. The number of hydrogen-bond donors (Lipinski definition) is 1. The van der Waals surface area contributed by atoms with Gasteiger partial charge in [0.1, 0.15) is 30.5 Å². The van der Waals surface area contributed by atoms with Crippen LogP contribution in [0.5, 0.6) is 0 Å². The van der Waals surface area contributed by atoms with Crippen LogP contribution in [0.25, 0.3) is 0 Å². The van der Waals surface area contributed by atoms with E-state index in [1.807, 2.05) is 34.6 Å². The van der Waals surface area contributed by atoms with Crippen molar-refractivity contribution in [3.8, 4) is 0 Å². The highest BCUT2D eigenvalue weighted by atomic mass is 16.9. The first-order valence-corrected chi connectivity index (χ1v) is 8.85. The molecule has 0 aliphatic carbocycles. The smallest absolute Gasteiger partial charge is 0.190 e. The normalized spacial score (nSPS) is 53.6. The van der Waals surface area contributed by atoms with Gasteiger partial charge < -0.3 is 38.3 Å². The minimum Gasteiger partial charge on any atom is -0.387 e. The first kappa shape index (κ1) is 18.1. The van der Waals surface area contributed by atoms with E-state index < -0.39 is 42.5 Å². The van der Waals surface area contributed by atoms with Crippen molar-refractivity contribution in [2.24, 2.45) is 5.92 Å². The summed E-state index contributed by atoms with van der Waals surface area (Å²) in [5, 5.41) is 10.3. The molecule has 4 aliphatic heterocycles. The Morgan fingerprint density at radius 1 is 0.760 bits per heavy atom. The second-order valence-corrected chi connectivity index (χ2v) is 8.19. The number of aliphatic hydroxyl groups excluding tert-OH is 1. The molecule has 4 heterocycles. The average Bonchev–Trinajstić information content (AvgIpc) is 3.09. The Labute approximate surface area is 147 Å². The monoisotopic (exact) mass is 360 g/mol. The lowest BCUT2D eigenvalue weighted by Crippen LogP contribution is -2.59. The highest BCUT2D eigenvalue weighted by molar-refractivity contribution is 5.04. The quantitative estimate of drug-likeness (QED) is 0.772. The maximum atomic E-state index is 10.3. The first-order chi connectivity index (χ1) is 11.6. The molecule has 0 saturated carbocycles. The van der Waals surface area contributed by atoms with Gasteiger partial charge in [-0.1, -0.05) is 6.92 Å². The molecule has 4 saturated heterocycles. The van der Waals surface area contributed by atoms with Crippen molar-refractivity contribution in [1.82, 2.24) is 0 Å². The molecule has 8 nitrogen and oxygen atoms in total. The van der Waals surface area contributed by atoms with Crippen molar-refractivity contribution in [3.63, 3.8) is 0 Å². The molecule has 0 aromatic rings. The van der Waals surface area contributed by atoms with Gasteiger partial charge in [0.2, 0.25) is 0 Å². The summed E-state index contributed by atoms with van der Waals surface area (Å²) in [6, 6.07) is 0. The number of ether oxygens (including phenoxy) is 7. The van der Waals surface area contributed by atoms with Gasteiger partial charge in [-0.15, -0.1) is 0 Å². The molecule has 4 aliphatic rings. The number of hydrogen-bond acceptors (Lipinski definition) is 8. The van der Waals surface area contributed by atoms with Crippen LogP contribution >= 0.6 is 0 Å². The summed E-state index contributed by atoms with van der Waals surface area (Å²) in [4.78, 5) is 0. The van der Waals surface area contributed by atoms with E-state index in [1.165, 1.54) is 7.11 Å². The molecule has 144 valence electrons. The molecule has 1 N–H and O–H groups in total. The molecule has 4 fully saturated rings. The van der Waals surface area contributed by atoms with Crippen molar-refractivity contribution in [3.05, 3.63) is 0 Å². The van der Waals surface area contributed by atoms with E-state index in [0.717, 1.165) is 0 Å².